The average molecular weight is 432 g/mol. The molecule has 162 valence electrons. The summed E-state index contributed by atoms with van der Waals surface area (Å²) in [5, 5.41) is 21.3. The van der Waals surface area contributed by atoms with Gasteiger partial charge in [-0.2, -0.15) is 0 Å². The number of hydrogen-bond acceptors (Lipinski definition) is 6. The number of aliphatic hydroxyl groups is 2. The van der Waals surface area contributed by atoms with Gasteiger partial charge in [0.25, 0.3) is 5.91 Å². The summed E-state index contributed by atoms with van der Waals surface area (Å²) in [7, 11) is 1.57. The van der Waals surface area contributed by atoms with Crippen molar-refractivity contribution in [2.45, 2.75) is 45.8 Å². The normalized spacial score (nSPS) is 21.5. The smallest absolute Gasteiger partial charge is 0.261 e. The number of rotatable bonds is 8. The second-order valence-corrected chi connectivity index (χ2v) is 10.0. The Balaban J connectivity index is 1.43. The Morgan fingerprint density at radius 2 is 2.17 bits per heavy atom. The van der Waals surface area contributed by atoms with Crippen molar-refractivity contribution in [3.63, 3.8) is 0 Å². The molecule has 7 heteroatoms. The molecule has 2 aliphatic carbocycles. The number of thiophene rings is 1. The molecule has 0 radical (unpaired) electrons. The van der Waals surface area contributed by atoms with Gasteiger partial charge >= 0.3 is 0 Å². The fourth-order valence-corrected chi connectivity index (χ4v) is 5.92. The number of ether oxygens (including phenoxy) is 2. The minimum Gasteiger partial charge on any atom is -0.496 e. The van der Waals surface area contributed by atoms with E-state index in [9.17, 15) is 9.90 Å². The minimum atomic E-state index is -0.928. The molecule has 1 amide bonds. The number of hydrogen-bond donors (Lipinski definition) is 3. The molecule has 0 bridgehead atoms. The van der Waals surface area contributed by atoms with Crippen LogP contribution >= 0.6 is 11.3 Å². The van der Waals surface area contributed by atoms with Crippen molar-refractivity contribution in [2.75, 3.05) is 20.3 Å². The first kappa shape index (κ1) is 21.2. The SMILES string of the molecule is COc1cc(OC[C@@H](O)CO)ccc1CNC(=O)c1sc(C)c2c1C[C@@H]1[C@H]2C1(C)C. The summed E-state index contributed by atoms with van der Waals surface area (Å²) in [5.41, 5.74) is 3.89. The second-order valence-electron chi connectivity index (χ2n) is 8.79. The molecule has 2 aliphatic rings. The number of fused-ring (bicyclic) bond motifs is 3. The fraction of sp³-hybridized carbons (Fsp3) is 0.522. The quantitative estimate of drug-likeness (QED) is 0.598. The molecule has 0 saturated heterocycles. The van der Waals surface area contributed by atoms with Gasteiger partial charge in [0, 0.05) is 23.1 Å². The molecule has 4 rings (SSSR count). The number of carbonyl (C=O) groups is 1. The number of aryl methyl sites for hydroxylation is 1. The Bertz CT molecular complexity index is 967. The van der Waals surface area contributed by atoms with Crippen molar-refractivity contribution in [3.05, 3.63) is 44.6 Å². The van der Waals surface area contributed by atoms with Crippen LogP contribution in [0.5, 0.6) is 11.5 Å². The zero-order valence-electron chi connectivity index (χ0n) is 17.8. The van der Waals surface area contributed by atoms with E-state index in [4.69, 9.17) is 14.6 Å². The Labute approximate surface area is 180 Å². The lowest BCUT2D eigenvalue weighted by Gasteiger charge is -2.14. The highest BCUT2D eigenvalue weighted by atomic mass is 32.1. The molecule has 3 N–H and O–H groups in total. The van der Waals surface area contributed by atoms with E-state index < -0.39 is 6.10 Å². The number of aliphatic hydroxyl groups excluding tert-OH is 2. The van der Waals surface area contributed by atoms with E-state index in [-0.39, 0.29) is 19.1 Å². The molecule has 1 aromatic heterocycles. The number of carbonyl (C=O) groups excluding carboxylic acids is 1. The van der Waals surface area contributed by atoms with E-state index in [1.807, 2.05) is 6.07 Å². The standard InChI is InChI=1S/C23H29NO5S/c1-12-19-16(8-17-20(19)23(17,2)3)21(30-12)22(27)24-9-13-5-6-15(7-18(13)28-4)29-11-14(26)10-25/h5-7,14,17,20,25-26H,8-11H2,1-4H3,(H,24,27)/t14-,17+,20+/m0/s1. The van der Waals surface area contributed by atoms with Crippen molar-refractivity contribution >= 4 is 17.2 Å². The summed E-state index contributed by atoms with van der Waals surface area (Å²) < 4.78 is 10.9. The summed E-state index contributed by atoms with van der Waals surface area (Å²) in [6, 6.07) is 5.31. The van der Waals surface area contributed by atoms with Crippen molar-refractivity contribution in [3.8, 4) is 11.5 Å². The summed E-state index contributed by atoms with van der Waals surface area (Å²) in [4.78, 5) is 15.1. The minimum absolute atomic E-state index is 0.00261. The maximum atomic E-state index is 12.9. The number of amides is 1. The van der Waals surface area contributed by atoms with Crippen LogP contribution < -0.4 is 14.8 Å². The van der Waals surface area contributed by atoms with E-state index in [2.05, 4.69) is 26.1 Å². The Kier molecular flexibility index (Phi) is 5.55. The van der Waals surface area contributed by atoms with Crippen LogP contribution in [0.25, 0.3) is 0 Å². The number of nitrogens with one attached hydrogen (secondary N) is 1. The van der Waals surface area contributed by atoms with Gasteiger partial charge < -0.3 is 25.0 Å². The van der Waals surface area contributed by atoms with Gasteiger partial charge in [-0.05, 0) is 53.9 Å². The lowest BCUT2D eigenvalue weighted by atomic mass is 9.95. The maximum Gasteiger partial charge on any atom is 0.261 e. The molecular formula is C23H29NO5S. The van der Waals surface area contributed by atoms with Gasteiger partial charge in [-0.3, -0.25) is 4.79 Å². The molecule has 0 aliphatic heterocycles. The van der Waals surface area contributed by atoms with Crippen LogP contribution in [0.4, 0.5) is 0 Å². The second kappa shape index (κ2) is 7.87. The first-order valence-electron chi connectivity index (χ1n) is 10.3. The van der Waals surface area contributed by atoms with Crippen LogP contribution in [0.2, 0.25) is 0 Å². The molecule has 0 unspecified atom stereocenters. The lowest BCUT2D eigenvalue weighted by Crippen LogP contribution is -2.23. The van der Waals surface area contributed by atoms with Crippen molar-refractivity contribution in [1.29, 1.82) is 0 Å². The first-order chi connectivity index (χ1) is 14.3. The van der Waals surface area contributed by atoms with Crippen molar-refractivity contribution in [1.82, 2.24) is 5.32 Å². The van der Waals surface area contributed by atoms with Gasteiger partial charge in [-0.15, -0.1) is 11.3 Å². The summed E-state index contributed by atoms with van der Waals surface area (Å²) in [6.07, 6.45) is 0.0809. The van der Waals surface area contributed by atoms with E-state index in [0.29, 0.717) is 35.3 Å². The van der Waals surface area contributed by atoms with Crippen LogP contribution in [-0.2, 0) is 13.0 Å². The summed E-state index contributed by atoms with van der Waals surface area (Å²) in [6.45, 7) is 6.78. The van der Waals surface area contributed by atoms with Crippen molar-refractivity contribution in [2.24, 2.45) is 11.3 Å². The highest BCUT2D eigenvalue weighted by Gasteiger charge is 2.63. The highest BCUT2D eigenvalue weighted by Crippen LogP contribution is 2.71. The predicted octanol–water partition coefficient (Wildman–Crippen LogP) is 3.02. The van der Waals surface area contributed by atoms with Gasteiger partial charge in [-0.25, -0.2) is 0 Å². The highest BCUT2D eigenvalue weighted by molar-refractivity contribution is 7.14. The fourth-order valence-electron chi connectivity index (χ4n) is 4.78. The molecule has 2 aromatic rings. The molecule has 30 heavy (non-hydrogen) atoms. The maximum absolute atomic E-state index is 12.9. The molecule has 3 atom stereocenters. The van der Waals surface area contributed by atoms with Gasteiger partial charge in [0.05, 0.1) is 18.6 Å². The number of benzene rings is 1. The van der Waals surface area contributed by atoms with E-state index in [1.54, 1.807) is 30.6 Å². The van der Waals surface area contributed by atoms with Gasteiger partial charge in [-0.1, -0.05) is 13.8 Å². The summed E-state index contributed by atoms with van der Waals surface area (Å²) in [5.74, 6) is 2.39. The molecule has 0 spiro atoms. The lowest BCUT2D eigenvalue weighted by molar-refractivity contribution is 0.0535. The van der Waals surface area contributed by atoms with E-state index >= 15 is 0 Å². The molecule has 1 fully saturated rings. The van der Waals surface area contributed by atoms with Crippen LogP contribution in [0.15, 0.2) is 18.2 Å². The zero-order chi connectivity index (χ0) is 21.6. The zero-order valence-corrected chi connectivity index (χ0v) is 18.6. The molecule has 1 aromatic carbocycles. The topological polar surface area (TPSA) is 88.0 Å². The molecular weight excluding hydrogens is 402 g/mol. The average Bonchev–Trinajstić information content (AvgIpc) is 3.06. The van der Waals surface area contributed by atoms with Crippen LogP contribution in [0, 0.1) is 18.3 Å². The van der Waals surface area contributed by atoms with E-state index in [1.165, 1.54) is 16.0 Å². The van der Waals surface area contributed by atoms with Gasteiger partial charge in [0.1, 0.15) is 24.2 Å². The Morgan fingerprint density at radius 1 is 1.40 bits per heavy atom. The molecule has 1 saturated carbocycles. The Morgan fingerprint density at radius 3 is 2.87 bits per heavy atom. The van der Waals surface area contributed by atoms with Crippen LogP contribution in [0.3, 0.4) is 0 Å². The van der Waals surface area contributed by atoms with Gasteiger partial charge in [0.15, 0.2) is 0 Å². The monoisotopic (exact) mass is 431 g/mol. The van der Waals surface area contributed by atoms with Gasteiger partial charge in [0.2, 0.25) is 0 Å². The third kappa shape index (κ3) is 3.59. The van der Waals surface area contributed by atoms with Crippen molar-refractivity contribution < 1.29 is 24.5 Å². The third-order valence-electron chi connectivity index (χ3n) is 6.58. The summed E-state index contributed by atoms with van der Waals surface area (Å²) >= 11 is 1.61. The van der Waals surface area contributed by atoms with Crippen LogP contribution in [-0.4, -0.2) is 42.5 Å². The first-order valence-corrected chi connectivity index (χ1v) is 11.1. The molecule has 1 heterocycles. The predicted molar refractivity (Wildman–Crippen MR) is 116 cm³/mol. The Hall–Kier alpha value is -2.09. The number of methoxy groups -OCH3 is 1. The molecule has 6 nitrogen and oxygen atoms in total. The third-order valence-corrected chi connectivity index (χ3v) is 7.74. The largest absolute Gasteiger partial charge is 0.496 e. The van der Waals surface area contributed by atoms with Crippen LogP contribution in [0.1, 0.15) is 51.0 Å². The van der Waals surface area contributed by atoms with E-state index in [0.717, 1.165) is 16.9 Å².